The van der Waals surface area contributed by atoms with Gasteiger partial charge in [0.05, 0.1) is 6.54 Å². The minimum absolute atomic E-state index is 0.250. The van der Waals surface area contributed by atoms with Gasteiger partial charge in [-0.3, -0.25) is 9.80 Å². The van der Waals surface area contributed by atoms with E-state index in [1.807, 2.05) is 0 Å². The zero-order valence-electron chi connectivity index (χ0n) is 12.7. The van der Waals surface area contributed by atoms with Crippen LogP contribution in [0, 0.1) is 11.8 Å². The molecular formula is C15H26F3N3. The maximum atomic E-state index is 12.4. The lowest BCUT2D eigenvalue weighted by Gasteiger charge is -2.49. The Balaban J connectivity index is 1.66. The molecule has 0 aromatic carbocycles. The number of rotatable bonds is 5. The molecule has 0 aliphatic carbocycles. The number of nitrogens with zero attached hydrogens (tertiary/aromatic N) is 2. The van der Waals surface area contributed by atoms with Crippen molar-refractivity contribution in [2.24, 2.45) is 11.8 Å². The molecule has 3 atom stereocenters. The first-order chi connectivity index (χ1) is 9.99. The maximum absolute atomic E-state index is 12.4. The van der Waals surface area contributed by atoms with Crippen molar-refractivity contribution in [2.75, 3.05) is 39.3 Å². The first kappa shape index (κ1) is 15.6. The van der Waals surface area contributed by atoms with E-state index in [1.165, 1.54) is 12.8 Å². The number of hydrogen-bond acceptors (Lipinski definition) is 3. The van der Waals surface area contributed by atoms with E-state index in [0.29, 0.717) is 18.5 Å². The molecule has 122 valence electrons. The van der Waals surface area contributed by atoms with Gasteiger partial charge in [-0.15, -0.1) is 0 Å². The summed E-state index contributed by atoms with van der Waals surface area (Å²) in [6, 6.07) is 0.727. The van der Waals surface area contributed by atoms with Crippen molar-refractivity contribution in [2.45, 2.75) is 44.4 Å². The van der Waals surface area contributed by atoms with Crippen molar-refractivity contribution < 1.29 is 13.2 Å². The van der Waals surface area contributed by atoms with Gasteiger partial charge in [-0.2, -0.15) is 13.2 Å². The second-order valence-corrected chi connectivity index (χ2v) is 6.84. The summed E-state index contributed by atoms with van der Waals surface area (Å²) in [5, 5.41) is 2.65. The van der Waals surface area contributed by atoms with Crippen LogP contribution in [0.15, 0.2) is 0 Å². The molecule has 0 radical (unpaired) electrons. The Kier molecular flexibility index (Phi) is 4.48. The summed E-state index contributed by atoms with van der Waals surface area (Å²) >= 11 is 0. The summed E-state index contributed by atoms with van der Waals surface area (Å²) in [5.74, 6) is 1.48. The molecule has 4 heterocycles. The van der Waals surface area contributed by atoms with Crippen LogP contribution in [0.1, 0.15) is 26.2 Å². The fourth-order valence-electron chi connectivity index (χ4n) is 4.76. The first-order valence-electron chi connectivity index (χ1n) is 8.25. The summed E-state index contributed by atoms with van der Waals surface area (Å²) in [7, 11) is 0. The van der Waals surface area contributed by atoms with E-state index in [2.05, 4.69) is 22.0 Å². The second-order valence-electron chi connectivity index (χ2n) is 6.84. The molecule has 4 fully saturated rings. The van der Waals surface area contributed by atoms with Crippen LogP contribution in [0.25, 0.3) is 0 Å². The normalized spacial score (nSPS) is 39.7. The molecule has 21 heavy (non-hydrogen) atoms. The van der Waals surface area contributed by atoms with Crippen LogP contribution in [0.3, 0.4) is 0 Å². The largest absolute Gasteiger partial charge is 0.401 e. The van der Waals surface area contributed by atoms with E-state index in [1.54, 1.807) is 0 Å². The number of nitrogens with one attached hydrogen (secondary N) is 1. The smallest absolute Gasteiger partial charge is 0.307 e. The van der Waals surface area contributed by atoms with Crippen LogP contribution in [-0.4, -0.2) is 67.3 Å². The van der Waals surface area contributed by atoms with E-state index in [9.17, 15) is 13.2 Å². The highest BCUT2D eigenvalue weighted by molar-refractivity contribution is 5.07. The Hall–Kier alpha value is -0.330. The summed E-state index contributed by atoms with van der Waals surface area (Å²) < 4.78 is 37.1. The van der Waals surface area contributed by atoms with Crippen molar-refractivity contribution >= 4 is 0 Å². The minimum Gasteiger partial charge on any atom is -0.307 e. The average molecular weight is 305 g/mol. The van der Waals surface area contributed by atoms with E-state index in [4.69, 9.17) is 0 Å². The molecular weight excluding hydrogens is 279 g/mol. The number of hydrogen-bond donors (Lipinski definition) is 1. The topological polar surface area (TPSA) is 18.5 Å². The molecule has 4 aliphatic heterocycles. The Morgan fingerprint density at radius 2 is 1.90 bits per heavy atom. The molecule has 1 N–H and O–H groups in total. The third kappa shape index (κ3) is 3.22. The van der Waals surface area contributed by atoms with Crippen LogP contribution < -0.4 is 5.32 Å². The predicted octanol–water partition coefficient (Wildman–Crippen LogP) is 1.94. The van der Waals surface area contributed by atoms with Gasteiger partial charge >= 0.3 is 6.18 Å². The molecule has 0 amide bonds. The fraction of sp³-hybridized carbons (Fsp3) is 1.00. The van der Waals surface area contributed by atoms with Crippen molar-refractivity contribution in [3.8, 4) is 0 Å². The van der Waals surface area contributed by atoms with E-state index < -0.39 is 12.7 Å². The number of alkyl halides is 3. The number of piperidine rings is 3. The maximum Gasteiger partial charge on any atom is 0.401 e. The van der Waals surface area contributed by atoms with Crippen LogP contribution >= 0.6 is 0 Å². The molecule has 0 spiro atoms. The molecule has 4 saturated heterocycles. The summed E-state index contributed by atoms with van der Waals surface area (Å²) in [6.45, 7) is 6.11. The SMILES string of the molecule is CCCN1CC2C3CCN(CC3)C2C1CNCC(F)(F)F. The van der Waals surface area contributed by atoms with Gasteiger partial charge in [-0.05, 0) is 50.7 Å². The third-order valence-corrected chi connectivity index (χ3v) is 5.54. The highest BCUT2D eigenvalue weighted by Crippen LogP contribution is 2.43. The van der Waals surface area contributed by atoms with Gasteiger partial charge in [0, 0.05) is 25.2 Å². The van der Waals surface area contributed by atoms with Gasteiger partial charge in [-0.1, -0.05) is 6.92 Å². The molecule has 4 aliphatic rings. The van der Waals surface area contributed by atoms with Crippen LogP contribution in [0.4, 0.5) is 13.2 Å². The van der Waals surface area contributed by atoms with E-state index in [0.717, 1.165) is 38.5 Å². The molecule has 6 heteroatoms. The van der Waals surface area contributed by atoms with E-state index >= 15 is 0 Å². The molecule has 2 bridgehead atoms. The number of likely N-dealkylation sites (tertiary alicyclic amines) is 1. The quantitative estimate of drug-likeness (QED) is 0.837. The average Bonchev–Trinajstić information content (AvgIpc) is 2.80. The van der Waals surface area contributed by atoms with Gasteiger partial charge in [0.2, 0.25) is 0 Å². The molecule has 3 unspecified atom stereocenters. The van der Waals surface area contributed by atoms with Gasteiger partial charge in [0.25, 0.3) is 0 Å². The second kappa shape index (κ2) is 6.05. The Labute approximate surface area is 124 Å². The lowest BCUT2D eigenvalue weighted by Crippen LogP contribution is -2.59. The van der Waals surface area contributed by atoms with Crippen molar-refractivity contribution in [3.05, 3.63) is 0 Å². The zero-order valence-corrected chi connectivity index (χ0v) is 12.7. The summed E-state index contributed by atoms with van der Waals surface area (Å²) in [6.07, 6.45) is -0.479. The molecule has 0 aromatic heterocycles. The minimum atomic E-state index is -4.11. The first-order valence-corrected chi connectivity index (χ1v) is 8.25. The summed E-state index contributed by atoms with van der Waals surface area (Å²) in [5.41, 5.74) is 0. The Bertz CT molecular complexity index is 353. The number of fused-ring (bicyclic) bond motifs is 2. The number of halogens is 3. The molecule has 4 rings (SSSR count). The molecule has 0 aromatic rings. The lowest BCUT2D eigenvalue weighted by molar-refractivity contribution is -0.125. The van der Waals surface area contributed by atoms with Crippen molar-refractivity contribution in [1.29, 1.82) is 0 Å². The third-order valence-electron chi connectivity index (χ3n) is 5.54. The Morgan fingerprint density at radius 3 is 2.52 bits per heavy atom. The van der Waals surface area contributed by atoms with Crippen molar-refractivity contribution in [3.63, 3.8) is 0 Å². The summed E-state index contributed by atoms with van der Waals surface area (Å²) in [4.78, 5) is 4.98. The highest BCUT2D eigenvalue weighted by Gasteiger charge is 2.51. The van der Waals surface area contributed by atoms with Crippen LogP contribution in [0.2, 0.25) is 0 Å². The van der Waals surface area contributed by atoms with E-state index in [-0.39, 0.29) is 6.04 Å². The monoisotopic (exact) mass is 305 g/mol. The van der Waals surface area contributed by atoms with Gasteiger partial charge in [0.1, 0.15) is 0 Å². The Morgan fingerprint density at radius 1 is 1.19 bits per heavy atom. The highest BCUT2D eigenvalue weighted by atomic mass is 19.4. The standard InChI is InChI=1S/C15H26F3N3/c1-2-5-21-9-12-11-3-6-20(7-4-11)14(12)13(21)8-19-10-15(16,17)18/h11-14,19H,2-10H2,1H3. The van der Waals surface area contributed by atoms with Gasteiger partial charge < -0.3 is 5.32 Å². The predicted molar refractivity (Wildman–Crippen MR) is 76.2 cm³/mol. The zero-order chi connectivity index (χ0) is 15.0. The molecule has 0 saturated carbocycles. The van der Waals surface area contributed by atoms with Gasteiger partial charge in [-0.25, -0.2) is 0 Å². The van der Waals surface area contributed by atoms with Crippen LogP contribution in [-0.2, 0) is 0 Å². The van der Waals surface area contributed by atoms with Crippen LogP contribution in [0.5, 0.6) is 0 Å². The van der Waals surface area contributed by atoms with Gasteiger partial charge in [0.15, 0.2) is 0 Å². The lowest BCUT2D eigenvalue weighted by atomic mass is 9.74. The van der Waals surface area contributed by atoms with Crippen molar-refractivity contribution in [1.82, 2.24) is 15.1 Å². The molecule has 3 nitrogen and oxygen atoms in total. The fourth-order valence-corrected chi connectivity index (χ4v) is 4.76.